The Hall–Kier alpha value is -2.15. The summed E-state index contributed by atoms with van der Waals surface area (Å²) in [6.07, 6.45) is -5.19. The molecule has 1 saturated heterocycles. The van der Waals surface area contributed by atoms with E-state index in [-0.39, 0.29) is 24.8 Å². The van der Waals surface area contributed by atoms with E-state index in [1.54, 1.807) is 0 Å². The molecule has 0 bridgehead atoms. The number of rotatable bonds is 8. The summed E-state index contributed by atoms with van der Waals surface area (Å²) in [4.78, 5) is 17.4. The predicted molar refractivity (Wildman–Crippen MR) is 92.1 cm³/mol. The van der Waals surface area contributed by atoms with E-state index in [4.69, 9.17) is 10.5 Å². The van der Waals surface area contributed by atoms with Crippen LogP contribution in [0.1, 0.15) is 41.2 Å². The molecular formula is C18H20F7N3O3. The number of hydrogen-bond donors (Lipinski definition) is 1. The molecule has 2 aliphatic rings. The van der Waals surface area contributed by atoms with E-state index in [1.165, 1.54) is 12.1 Å². The van der Waals surface area contributed by atoms with Crippen LogP contribution in [0.15, 0.2) is 12.1 Å². The van der Waals surface area contributed by atoms with Crippen LogP contribution in [-0.4, -0.2) is 66.3 Å². The Morgan fingerprint density at radius 1 is 1.23 bits per heavy atom. The highest BCUT2D eigenvalue weighted by Crippen LogP contribution is 2.44. The van der Waals surface area contributed by atoms with Crippen LogP contribution >= 0.6 is 0 Å². The smallest absolute Gasteiger partial charge is 0.456 e. The van der Waals surface area contributed by atoms with Crippen LogP contribution in [0.4, 0.5) is 30.7 Å². The van der Waals surface area contributed by atoms with Gasteiger partial charge in [0.1, 0.15) is 5.69 Å². The normalized spacial score (nSPS) is 21.4. The van der Waals surface area contributed by atoms with Crippen molar-refractivity contribution in [1.82, 2.24) is 9.88 Å². The minimum atomic E-state index is -5.82. The highest BCUT2D eigenvalue weighted by Gasteiger charge is 2.58. The van der Waals surface area contributed by atoms with Crippen LogP contribution in [0.2, 0.25) is 0 Å². The number of hydrogen-bond acceptors (Lipinski definition) is 5. The van der Waals surface area contributed by atoms with Gasteiger partial charge >= 0.3 is 12.1 Å². The number of nitrogens with zero attached hydrogens (tertiary/aromatic N) is 2. The van der Waals surface area contributed by atoms with Crippen molar-refractivity contribution in [3.63, 3.8) is 0 Å². The Morgan fingerprint density at radius 3 is 2.48 bits per heavy atom. The molecule has 1 aliphatic carbocycles. The minimum Gasteiger partial charge on any atom is -0.471 e. The second kappa shape index (κ2) is 8.41. The van der Waals surface area contributed by atoms with Crippen molar-refractivity contribution in [2.75, 3.05) is 26.5 Å². The van der Waals surface area contributed by atoms with Gasteiger partial charge in [-0.3, -0.25) is 4.79 Å². The molecule has 1 saturated carbocycles. The lowest BCUT2D eigenvalue weighted by Gasteiger charge is -2.24. The standard InChI is InChI=1S/C18H20F7N3O3/c19-16(20)5-11(6-30-9-26)28(7-16)15(29)13-4-3-12(10-1-2-10)14(27-13)31-8-17(21,22)18(23,24)25/h3-4,10-11H,1-2,5-9,26H2/t11-/m1/s1. The van der Waals surface area contributed by atoms with Crippen LogP contribution in [0.3, 0.4) is 0 Å². The number of halogens is 7. The van der Waals surface area contributed by atoms with Crippen LogP contribution in [0, 0.1) is 0 Å². The molecule has 1 atom stereocenters. The molecule has 6 nitrogen and oxygen atoms in total. The number of amides is 1. The van der Waals surface area contributed by atoms with Gasteiger partial charge in [0.05, 0.1) is 25.9 Å². The molecule has 31 heavy (non-hydrogen) atoms. The largest absolute Gasteiger partial charge is 0.471 e. The molecule has 2 N–H and O–H groups in total. The maximum atomic E-state index is 13.9. The first-order valence-corrected chi connectivity index (χ1v) is 9.39. The molecule has 0 radical (unpaired) electrons. The molecule has 1 aromatic rings. The summed E-state index contributed by atoms with van der Waals surface area (Å²) in [5.74, 6) is -9.94. The first-order valence-electron chi connectivity index (χ1n) is 9.39. The summed E-state index contributed by atoms with van der Waals surface area (Å²) < 4.78 is 101. The van der Waals surface area contributed by atoms with Gasteiger partial charge in [0.15, 0.2) is 6.61 Å². The zero-order chi connectivity index (χ0) is 23.0. The van der Waals surface area contributed by atoms with Gasteiger partial charge in [-0.15, -0.1) is 0 Å². The molecule has 3 rings (SSSR count). The van der Waals surface area contributed by atoms with E-state index in [1.807, 2.05) is 0 Å². The molecular weight excluding hydrogens is 439 g/mol. The molecule has 2 fully saturated rings. The lowest BCUT2D eigenvalue weighted by Crippen LogP contribution is -2.42. The monoisotopic (exact) mass is 459 g/mol. The molecule has 2 heterocycles. The number of carbonyl (C=O) groups excluding carboxylic acids is 1. The lowest BCUT2D eigenvalue weighted by atomic mass is 10.1. The quantitative estimate of drug-likeness (QED) is 0.477. The fraction of sp³-hybridized carbons (Fsp3) is 0.667. The Morgan fingerprint density at radius 2 is 1.90 bits per heavy atom. The zero-order valence-corrected chi connectivity index (χ0v) is 16.1. The van der Waals surface area contributed by atoms with Gasteiger partial charge < -0.3 is 20.1 Å². The van der Waals surface area contributed by atoms with Crippen molar-refractivity contribution in [3.05, 3.63) is 23.4 Å². The van der Waals surface area contributed by atoms with Crippen molar-refractivity contribution < 1.29 is 45.0 Å². The Labute approximate surface area is 172 Å². The summed E-state index contributed by atoms with van der Waals surface area (Å²) in [5.41, 5.74) is 5.06. The maximum Gasteiger partial charge on any atom is 0.456 e. The number of nitrogens with two attached hydrogens (primary N) is 1. The number of carbonyl (C=O) groups is 1. The van der Waals surface area contributed by atoms with Gasteiger partial charge in [-0.25, -0.2) is 13.8 Å². The molecule has 174 valence electrons. The summed E-state index contributed by atoms with van der Waals surface area (Å²) in [7, 11) is 0. The van der Waals surface area contributed by atoms with Crippen LogP contribution in [-0.2, 0) is 4.74 Å². The lowest BCUT2D eigenvalue weighted by molar-refractivity contribution is -0.290. The molecule has 0 spiro atoms. The summed E-state index contributed by atoms with van der Waals surface area (Å²) in [5, 5.41) is 0. The molecule has 1 aromatic heterocycles. The van der Waals surface area contributed by atoms with E-state index >= 15 is 0 Å². The van der Waals surface area contributed by atoms with Gasteiger partial charge in [0.25, 0.3) is 11.8 Å². The summed E-state index contributed by atoms with van der Waals surface area (Å²) in [6, 6.07) is 1.54. The highest BCUT2D eigenvalue weighted by atomic mass is 19.4. The summed E-state index contributed by atoms with van der Waals surface area (Å²) >= 11 is 0. The average molecular weight is 459 g/mol. The minimum absolute atomic E-state index is 0.145. The van der Waals surface area contributed by atoms with Crippen molar-refractivity contribution >= 4 is 5.91 Å². The number of aromatic nitrogens is 1. The number of alkyl halides is 7. The zero-order valence-electron chi connectivity index (χ0n) is 16.1. The van der Waals surface area contributed by atoms with Crippen molar-refractivity contribution in [2.24, 2.45) is 5.73 Å². The van der Waals surface area contributed by atoms with Crippen molar-refractivity contribution in [3.8, 4) is 5.88 Å². The number of likely N-dealkylation sites (tertiary alicyclic amines) is 1. The van der Waals surface area contributed by atoms with Crippen LogP contribution < -0.4 is 10.5 Å². The van der Waals surface area contributed by atoms with Crippen LogP contribution in [0.25, 0.3) is 0 Å². The van der Waals surface area contributed by atoms with Gasteiger partial charge in [-0.2, -0.15) is 22.0 Å². The van der Waals surface area contributed by atoms with Crippen molar-refractivity contribution in [1.29, 1.82) is 0 Å². The van der Waals surface area contributed by atoms with E-state index < -0.39 is 61.1 Å². The maximum absolute atomic E-state index is 13.9. The van der Waals surface area contributed by atoms with Gasteiger partial charge in [-0.05, 0) is 24.8 Å². The first kappa shape index (κ1) is 23.5. The van der Waals surface area contributed by atoms with Gasteiger partial charge in [0.2, 0.25) is 5.88 Å². The van der Waals surface area contributed by atoms with E-state index in [9.17, 15) is 35.5 Å². The number of pyridine rings is 1. The Bertz CT molecular complexity index is 815. The third kappa shape index (κ3) is 5.37. The van der Waals surface area contributed by atoms with E-state index in [0.29, 0.717) is 12.8 Å². The second-order valence-electron chi connectivity index (χ2n) is 7.54. The molecule has 0 aromatic carbocycles. The fourth-order valence-corrected chi connectivity index (χ4v) is 3.27. The SMILES string of the molecule is NCOC[C@H]1CC(F)(F)CN1C(=O)c1ccc(C2CC2)c(OCC(F)(F)C(F)(F)F)n1. The average Bonchev–Trinajstić information content (AvgIpc) is 3.46. The Balaban J connectivity index is 1.83. The Kier molecular flexibility index (Phi) is 6.38. The second-order valence-corrected chi connectivity index (χ2v) is 7.54. The van der Waals surface area contributed by atoms with E-state index in [0.717, 1.165) is 4.90 Å². The van der Waals surface area contributed by atoms with Gasteiger partial charge in [-0.1, -0.05) is 6.07 Å². The summed E-state index contributed by atoms with van der Waals surface area (Å²) in [6.45, 7) is -3.43. The molecule has 1 amide bonds. The van der Waals surface area contributed by atoms with E-state index in [2.05, 4.69) is 9.72 Å². The predicted octanol–water partition coefficient (Wildman–Crippen LogP) is 3.32. The third-order valence-electron chi connectivity index (χ3n) is 5.00. The van der Waals surface area contributed by atoms with Gasteiger partial charge in [0, 0.05) is 12.0 Å². The molecule has 0 unspecified atom stereocenters. The fourth-order valence-electron chi connectivity index (χ4n) is 3.27. The molecule has 13 heteroatoms. The first-order chi connectivity index (χ1) is 14.3. The van der Waals surface area contributed by atoms with Crippen LogP contribution in [0.5, 0.6) is 5.88 Å². The third-order valence-corrected chi connectivity index (χ3v) is 5.00. The number of ether oxygens (including phenoxy) is 2. The highest BCUT2D eigenvalue weighted by molar-refractivity contribution is 5.93. The topological polar surface area (TPSA) is 77.7 Å². The van der Waals surface area contributed by atoms with Crippen molar-refractivity contribution in [2.45, 2.75) is 49.2 Å². The molecule has 1 aliphatic heterocycles.